The van der Waals surface area contributed by atoms with Gasteiger partial charge in [0.2, 0.25) is 5.95 Å². The van der Waals surface area contributed by atoms with Gasteiger partial charge in [-0.05, 0) is 18.1 Å². The van der Waals surface area contributed by atoms with Gasteiger partial charge < -0.3 is 15.3 Å². The van der Waals surface area contributed by atoms with Crippen molar-refractivity contribution in [2.24, 2.45) is 5.92 Å². The van der Waals surface area contributed by atoms with E-state index in [-0.39, 0.29) is 5.75 Å². The van der Waals surface area contributed by atoms with Crippen molar-refractivity contribution in [1.29, 1.82) is 5.26 Å². The van der Waals surface area contributed by atoms with E-state index in [0.717, 1.165) is 25.2 Å². The molecule has 0 bridgehead atoms. The monoisotopic (exact) mass is 407 g/mol. The Morgan fingerprint density at radius 3 is 2.79 bits per heavy atom. The number of aromatic hydroxyl groups is 1. The summed E-state index contributed by atoms with van der Waals surface area (Å²) in [6, 6.07) is 7.70. The van der Waals surface area contributed by atoms with Crippen molar-refractivity contribution in [3.63, 3.8) is 0 Å². The molecular formula is C20H21N7OS. The van der Waals surface area contributed by atoms with Crippen LogP contribution in [-0.4, -0.2) is 50.9 Å². The Balaban J connectivity index is 1.54. The zero-order chi connectivity index (χ0) is 20.4. The lowest BCUT2D eigenvalue weighted by Gasteiger charge is -2.35. The number of aromatic nitrogens is 4. The standard InChI is InChI=1S/C20H21N7OS/c1-12(2)17-11-27(6-5-22-17)20-24-10-16(25-26-20)15-4-3-13(7-18(15)28)19-23-9-14(8-21)29-19/h3-4,7,9-10,12,17,22,28H,5-6,11H2,1-2H3/t17-/m1/s1. The van der Waals surface area contributed by atoms with Crippen molar-refractivity contribution < 1.29 is 5.11 Å². The molecule has 1 aliphatic heterocycles. The van der Waals surface area contributed by atoms with Crippen molar-refractivity contribution in [2.45, 2.75) is 19.9 Å². The third-order valence-electron chi connectivity index (χ3n) is 4.98. The number of nitriles is 1. The molecule has 1 aliphatic rings. The van der Waals surface area contributed by atoms with Crippen LogP contribution in [0.15, 0.2) is 30.6 Å². The number of hydrogen-bond acceptors (Lipinski definition) is 9. The fourth-order valence-corrected chi connectivity index (χ4v) is 3.99. The number of nitrogens with one attached hydrogen (secondary N) is 1. The highest BCUT2D eigenvalue weighted by Gasteiger charge is 2.23. The zero-order valence-electron chi connectivity index (χ0n) is 16.2. The topological polar surface area (TPSA) is 111 Å². The summed E-state index contributed by atoms with van der Waals surface area (Å²) in [5.41, 5.74) is 1.80. The second-order valence-corrected chi connectivity index (χ2v) is 8.30. The molecule has 3 aromatic rings. The van der Waals surface area contributed by atoms with Crippen LogP contribution in [0.3, 0.4) is 0 Å². The van der Waals surface area contributed by atoms with Crippen molar-refractivity contribution in [2.75, 3.05) is 24.5 Å². The van der Waals surface area contributed by atoms with Gasteiger partial charge in [-0.1, -0.05) is 19.9 Å². The fourth-order valence-electron chi connectivity index (χ4n) is 3.28. The molecule has 0 spiro atoms. The average molecular weight is 408 g/mol. The highest BCUT2D eigenvalue weighted by atomic mass is 32.1. The number of phenolic OH excluding ortho intramolecular Hbond substituents is 1. The number of thiazole rings is 1. The fraction of sp³-hybridized carbons (Fsp3) is 0.350. The van der Waals surface area contributed by atoms with Gasteiger partial charge in [-0.3, -0.25) is 0 Å². The summed E-state index contributed by atoms with van der Waals surface area (Å²) in [6.45, 7) is 6.96. The maximum Gasteiger partial charge on any atom is 0.245 e. The smallest absolute Gasteiger partial charge is 0.245 e. The minimum atomic E-state index is 0.0714. The van der Waals surface area contributed by atoms with Crippen LogP contribution in [0.1, 0.15) is 18.7 Å². The van der Waals surface area contributed by atoms with E-state index in [2.05, 4.69) is 50.3 Å². The van der Waals surface area contributed by atoms with Crippen LogP contribution >= 0.6 is 11.3 Å². The molecule has 2 N–H and O–H groups in total. The largest absolute Gasteiger partial charge is 0.507 e. The summed E-state index contributed by atoms with van der Waals surface area (Å²) in [6.07, 6.45) is 3.17. The van der Waals surface area contributed by atoms with Gasteiger partial charge >= 0.3 is 0 Å². The van der Waals surface area contributed by atoms with Crippen LogP contribution in [0.5, 0.6) is 5.75 Å². The molecule has 1 fully saturated rings. The Bertz CT molecular complexity index is 1040. The molecule has 148 valence electrons. The molecule has 9 heteroatoms. The number of benzene rings is 1. The lowest BCUT2D eigenvalue weighted by atomic mass is 10.0. The maximum absolute atomic E-state index is 10.5. The minimum Gasteiger partial charge on any atom is -0.507 e. The zero-order valence-corrected chi connectivity index (χ0v) is 17.0. The molecule has 3 heterocycles. The Hall–Kier alpha value is -3.09. The maximum atomic E-state index is 10.5. The van der Waals surface area contributed by atoms with Crippen molar-refractivity contribution in [3.8, 4) is 33.6 Å². The van der Waals surface area contributed by atoms with Crippen molar-refractivity contribution >= 4 is 17.3 Å². The van der Waals surface area contributed by atoms with Gasteiger partial charge in [0.05, 0.1) is 12.4 Å². The van der Waals surface area contributed by atoms with Crippen LogP contribution < -0.4 is 10.2 Å². The Labute approximate surface area is 172 Å². The molecule has 8 nitrogen and oxygen atoms in total. The predicted octanol–water partition coefficient (Wildman–Crippen LogP) is 2.67. The van der Waals surface area contributed by atoms with E-state index >= 15 is 0 Å². The Morgan fingerprint density at radius 2 is 2.14 bits per heavy atom. The number of piperazine rings is 1. The molecule has 1 atom stereocenters. The minimum absolute atomic E-state index is 0.0714. The molecule has 0 unspecified atom stereocenters. The van der Waals surface area contributed by atoms with Gasteiger partial charge in [0, 0.05) is 36.8 Å². The molecule has 0 saturated carbocycles. The molecule has 1 saturated heterocycles. The highest BCUT2D eigenvalue weighted by Crippen LogP contribution is 2.33. The lowest BCUT2D eigenvalue weighted by molar-refractivity contribution is 0.365. The first-order valence-corrected chi connectivity index (χ1v) is 10.2. The van der Waals surface area contributed by atoms with Gasteiger partial charge in [-0.2, -0.15) is 5.26 Å². The van der Waals surface area contributed by atoms with E-state index in [0.29, 0.717) is 39.1 Å². The van der Waals surface area contributed by atoms with Crippen LogP contribution in [0.2, 0.25) is 0 Å². The van der Waals surface area contributed by atoms with E-state index in [1.165, 1.54) is 17.5 Å². The van der Waals surface area contributed by atoms with Crippen LogP contribution in [-0.2, 0) is 0 Å². The Kier molecular flexibility index (Phi) is 5.38. The molecule has 2 aromatic heterocycles. The van der Waals surface area contributed by atoms with E-state index < -0.39 is 0 Å². The Morgan fingerprint density at radius 1 is 1.28 bits per heavy atom. The first-order valence-electron chi connectivity index (χ1n) is 9.43. The number of nitrogens with zero attached hydrogens (tertiary/aromatic N) is 6. The second-order valence-electron chi connectivity index (χ2n) is 7.27. The summed E-state index contributed by atoms with van der Waals surface area (Å²) in [7, 11) is 0. The van der Waals surface area contributed by atoms with Crippen LogP contribution in [0, 0.1) is 17.2 Å². The highest BCUT2D eigenvalue weighted by molar-refractivity contribution is 7.15. The average Bonchev–Trinajstić information content (AvgIpc) is 3.23. The molecule has 29 heavy (non-hydrogen) atoms. The quantitative estimate of drug-likeness (QED) is 0.679. The van der Waals surface area contributed by atoms with Gasteiger partial charge in [0.25, 0.3) is 0 Å². The molecule has 4 rings (SSSR count). The van der Waals surface area contributed by atoms with E-state index in [1.807, 2.05) is 6.07 Å². The van der Waals surface area contributed by atoms with Crippen molar-refractivity contribution in [3.05, 3.63) is 35.5 Å². The van der Waals surface area contributed by atoms with Gasteiger partial charge in [0.1, 0.15) is 27.4 Å². The van der Waals surface area contributed by atoms with Gasteiger partial charge in [-0.15, -0.1) is 21.5 Å². The summed E-state index contributed by atoms with van der Waals surface area (Å²) >= 11 is 1.28. The van der Waals surface area contributed by atoms with Crippen LogP contribution in [0.25, 0.3) is 21.8 Å². The third-order valence-corrected chi connectivity index (χ3v) is 5.93. The SMILES string of the molecule is CC(C)[C@H]1CN(c2ncc(-c3ccc(-c4ncc(C#N)s4)cc3O)nn2)CCN1. The normalized spacial score (nSPS) is 16.8. The first-order chi connectivity index (χ1) is 14.0. The third kappa shape index (κ3) is 4.04. The summed E-state index contributed by atoms with van der Waals surface area (Å²) < 4.78 is 0. The molecular weight excluding hydrogens is 386 g/mol. The van der Waals surface area contributed by atoms with E-state index in [1.54, 1.807) is 18.3 Å². The number of anilines is 1. The number of phenols is 1. The van der Waals surface area contributed by atoms with E-state index in [4.69, 9.17) is 5.26 Å². The number of hydrogen-bond donors (Lipinski definition) is 2. The summed E-state index contributed by atoms with van der Waals surface area (Å²) in [5, 5.41) is 32.2. The molecule has 0 amide bonds. The van der Waals surface area contributed by atoms with Crippen LogP contribution in [0.4, 0.5) is 5.95 Å². The molecule has 1 aromatic carbocycles. The van der Waals surface area contributed by atoms with Crippen molar-refractivity contribution in [1.82, 2.24) is 25.5 Å². The summed E-state index contributed by atoms with van der Waals surface area (Å²) in [5.74, 6) is 1.20. The van der Waals surface area contributed by atoms with E-state index in [9.17, 15) is 5.11 Å². The van der Waals surface area contributed by atoms with Gasteiger partial charge in [0.15, 0.2) is 0 Å². The molecule has 0 aliphatic carbocycles. The lowest BCUT2D eigenvalue weighted by Crippen LogP contribution is -2.53. The predicted molar refractivity (Wildman–Crippen MR) is 112 cm³/mol. The summed E-state index contributed by atoms with van der Waals surface area (Å²) in [4.78, 5) is 11.4. The van der Waals surface area contributed by atoms with Gasteiger partial charge in [-0.25, -0.2) is 9.97 Å². The first kappa shape index (κ1) is 19.2. The number of rotatable bonds is 4. The molecule has 0 radical (unpaired) electrons. The second kappa shape index (κ2) is 8.11.